The number of likely N-dealkylation sites (tertiary alicyclic amines) is 1. The molecule has 2 atom stereocenters. The van der Waals surface area contributed by atoms with Crippen molar-refractivity contribution in [1.29, 1.82) is 0 Å². The van der Waals surface area contributed by atoms with E-state index >= 15 is 0 Å². The van der Waals surface area contributed by atoms with E-state index in [4.69, 9.17) is 0 Å². The third-order valence-electron chi connectivity index (χ3n) is 2.39. The average molecular weight is 173 g/mol. The summed E-state index contributed by atoms with van der Waals surface area (Å²) in [4.78, 5) is 2.56. The Morgan fingerprint density at radius 3 is 2.82 bits per heavy atom. The maximum absolute atomic E-state index is 4.28. The molecule has 2 unspecified atom stereocenters. The largest absolute Gasteiger partial charge is 0.303 e. The molecule has 66 valence electrons. The molecule has 1 nitrogen and oxygen atoms in total. The standard InChI is InChI=1S/C9H19NS/c1-8-3-4-10(5-8)6-9(2)7-11/h8-9,11H,3-7H2,1-2H3. The number of rotatable bonds is 3. The van der Waals surface area contributed by atoms with Crippen LogP contribution < -0.4 is 0 Å². The van der Waals surface area contributed by atoms with E-state index in [1.807, 2.05) is 0 Å². The van der Waals surface area contributed by atoms with E-state index in [1.54, 1.807) is 0 Å². The molecule has 0 saturated carbocycles. The van der Waals surface area contributed by atoms with Crippen molar-refractivity contribution in [3.8, 4) is 0 Å². The second-order valence-electron chi connectivity index (χ2n) is 3.94. The minimum atomic E-state index is 0.753. The van der Waals surface area contributed by atoms with Gasteiger partial charge >= 0.3 is 0 Å². The topological polar surface area (TPSA) is 3.24 Å². The van der Waals surface area contributed by atoms with E-state index in [9.17, 15) is 0 Å². The van der Waals surface area contributed by atoms with Crippen LogP contribution in [0.2, 0.25) is 0 Å². The highest BCUT2D eigenvalue weighted by Gasteiger charge is 2.19. The fourth-order valence-corrected chi connectivity index (χ4v) is 1.81. The van der Waals surface area contributed by atoms with Gasteiger partial charge in [0.1, 0.15) is 0 Å². The molecule has 1 heterocycles. The Morgan fingerprint density at radius 1 is 1.64 bits per heavy atom. The third kappa shape index (κ3) is 3.04. The van der Waals surface area contributed by atoms with Crippen LogP contribution in [0.1, 0.15) is 20.3 Å². The number of hydrogen-bond donors (Lipinski definition) is 1. The van der Waals surface area contributed by atoms with Gasteiger partial charge in [0.15, 0.2) is 0 Å². The molecule has 0 spiro atoms. The van der Waals surface area contributed by atoms with Crippen LogP contribution in [0.25, 0.3) is 0 Å². The van der Waals surface area contributed by atoms with Crippen molar-refractivity contribution in [2.24, 2.45) is 11.8 Å². The van der Waals surface area contributed by atoms with Gasteiger partial charge in [-0.25, -0.2) is 0 Å². The molecule has 0 aromatic carbocycles. The minimum absolute atomic E-state index is 0.753. The predicted molar refractivity (Wildman–Crippen MR) is 53.2 cm³/mol. The van der Waals surface area contributed by atoms with E-state index < -0.39 is 0 Å². The van der Waals surface area contributed by atoms with Gasteiger partial charge in [0.05, 0.1) is 0 Å². The van der Waals surface area contributed by atoms with E-state index in [1.165, 1.54) is 26.1 Å². The Morgan fingerprint density at radius 2 is 2.36 bits per heavy atom. The Hall–Kier alpha value is 0.310. The molecular weight excluding hydrogens is 154 g/mol. The van der Waals surface area contributed by atoms with Gasteiger partial charge in [-0.1, -0.05) is 13.8 Å². The lowest BCUT2D eigenvalue weighted by atomic mass is 10.2. The summed E-state index contributed by atoms with van der Waals surface area (Å²) < 4.78 is 0. The van der Waals surface area contributed by atoms with Crippen molar-refractivity contribution in [3.05, 3.63) is 0 Å². The first kappa shape index (κ1) is 9.40. The van der Waals surface area contributed by atoms with E-state index in [0.717, 1.165) is 17.6 Å². The molecular formula is C9H19NS. The lowest BCUT2D eigenvalue weighted by molar-refractivity contribution is 0.292. The maximum atomic E-state index is 4.28. The molecule has 0 amide bonds. The first-order chi connectivity index (χ1) is 5.22. The highest BCUT2D eigenvalue weighted by Crippen LogP contribution is 2.16. The fraction of sp³-hybridized carbons (Fsp3) is 1.00. The Bertz CT molecular complexity index is 116. The second kappa shape index (κ2) is 4.36. The van der Waals surface area contributed by atoms with Crippen molar-refractivity contribution in [3.63, 3.8) is 0 Å². The summed E-state index contributed by atoms with van der Waals surface area (Å²) in [5.41, 5.74) is 0. The SMILES string of the molecule is CC(CS)CN1CCC(C)C1. The summed E-state index contributed by atoms with van der Waals surface area (Å²) in [6, 6.07) is 0. The molecule has 1 rings (SSSR count). The molecule has 0 aromatic heterocycles. The van der Waals surface area contributed by atoms with Crippen LogP contribution >= 0.6 is 12.6 Å². The molecule has 1 aliphatic heterocycles. The number of nitrogens with zero attached hydrogens (tertiary/aromatic N) is 1. The van der Waals surface area contributed by atoms with E-state index in [0.29, 0.717) is 0 Å². The summed E-state index contributed by atoms with van der Waals surface area (Å²) in [6.07, 6.45) is 1.39. The zero-order valence-corrected chi connectivity index (χ0v) is 8.48. The van der Waals surface area contributed by atoms with Crippen molar-refractivity contribution in [2.75, 3.05) is 25.4 Å². The van der Waals surface area contributed by atoms with Crippen LogP contribution in [0.3, 0.4) is 0 Å². The van der Waals surface area contributed by atoms with Crippen LogP contribution in [0.4, 0.5) is 0 Å². The average Bonchev–Trinajstić information content (AvgIpc) is 2.35. The lowest BCUT2D eigenvalue weighted by Gasteiger charge is -2.18. The summed E-state index contributed by atoms with van der Waals surface area (Å²) in [5.74, 6) is 2.69. The van der Waals surface area contributed by atoms with Crippen molar-refractivity contribution < 1.29 is 0 Å². The Labute approximate surface area is 75.6 Å². The maximum Gasteiger partial charge on any atom is 0.00149 e. The van der Waals surface area contributed by atoms with Crippen molar-refractivity contribution >= 4 is 12.6 Å². The quantitative estimate of drug-likeness (QED) is 0.638. The van der Waals surface area contributed by atoms with Crippen molar-refractivity contribution in [1.82, 2.24) is 4.90 Å². The van der Waals surface area contributed by atoms with E-state index in [-0.39, 0.29) is 0 Å². The van der Waals surface area contributed by atoms with Gasteiger partial charge in [-0.05, 0) is 30.6 Å². The van der Waals surface area contributed by atoms with Gasteiger partial charge in [-0.2, -0.15) is 12.6 Å². The molecule has 1 fully saturated rings. The van der Waals surface area contributed by atoms with E-state index in [2.05, 4.69) is 31.4 Å². The molecule has 0 aliphatic carbocycles. The first-order valence-corrected chi connectivity index (χ1v) is 5.19. The highest BCUT2D eigenvalue weighted by molar-refractivity contribution is 7.80. The van der Waals surface area contributed by atoms with Crippen LogP contribution in [-0.2, 0) is 0 Å². The first-order valence-electron chi connectivity index (χ1n) is 4.55. The van der Waals surface area contributed by atoms with Crippen molar-refractivity contribution in [2.45, 2.75) is 20.3 Å². The molecule has 0 bridgehead atoms. The molecule has 1 aliphatic rings. The van der Waals surface area contributed by atoms with Crippen LogP contribution in [0, 0.1) is 11.8 Å². The number of hydrogen-bond acceptors (Lipinski definition) is 2. The van der Waals surface area contributed by atoms with Crippen LogP contribution in [0.5, 0.6) is 0 Å². The minimum Gasteiger partial charge on any atom is -0.303 e. The molecule has 0 aromatic rings. The normalized spacial score (nSPS) is 29.2. The predicted octanol–water partition coefficient (Wildman–Crippen LogP) is 1.89. The van der Waals surface area contributed by atoms with Gasteiger partial charge in [0, 0.05) is 13.1 Å². The molecule has 11 heavy (non-hydrogen) atoms. The highest BCUT2D eigenvalue weighted by atomic mass is 32.1. The van der Waals surface area contributed by atoms with Crippen LogP contribution in [0.15, 0.2) is 0 Å². The third-order valence-corrected chi connectivity index (χ3v) is 3.01. The fourth-order valence-electron chi connectivity index (χ4n) is 1.69. The van der Waals surface area contributed by atoms with Gasteiger partial charge < -0.3 is 4.90 Å². The monoisotopic (exact) mass is 173 g/mol. The summed E-state index contributed by atoms with van der Waals surface area (Å²) in [7, 11) is 0. The van der Waals surface area contributed by atoms with Crippen LogP contribution in [-0.4, -0.2) is 30.3 Å². The summed E-state index contributed by atoms with van der Waals surface area (Å²) in [6.45, 7) is 8.46. The summed E-state index contributed by atoms with van der Waals surface area (Å²) in [5, 5.41) is 0. The Kier molecular flexibility index (Phi) is 3.73. The molecule has 2 heteroatoms. The smallest absolute Gasteiger partial charge is 0.00149 e. The lowest BCUT2D eigenvalue weighted by Crippen LogP contribution is -2.26. The van der Waals surface area contributed by atoms with Gasteiger partial charge in [0.25, 0.3) is 0 Å². The zero-order chi connectivity index (χ0) is 8.27. The summed E-state index contributed by atoms with van der Waals surface area (Å²) >= 11 is 4.28. The van der Waals surface area contributed by atoms with Gasteiger partial charge in [-0.3, -0.25) is 0 Å². The van der Waals surface area contributed by atoms with Gasteiger partial charge in [-0.15, -0.1) is 0 Å². The number of thiol groups is 1. The second-order valence-corrected chi connectivity index (χ2v) is 4.31. The van der Waals surface area contributed by atoms with Gasteiger partial charge in [0.2, 0.25) is 0 Å². The molecule has 0 N–H and O–H groups in total. The molecule has 0 radical (unpaired) electrons. The zero-order valence-electron chi connectivity index (χ0n) is 7.58. The Balaban J connectivity index is 2.17. The molecule has 1 saturated heterocycles.